The number of furan rings is 1. The van der Waals surface area contributed by atoms with E-state index in [4.69, 9.17) is 9.15 Å². The topological polar surface area (TPSA) is 131 Å². The average Bonchev–Trinajstić information content (AvgIpc) is 3.47. The Labute approximate surface area is 232 Å². The van der Waals surface area contributed by atoms with E-state index in [-0.39, 0.29) is 29.6 Å². The summed E-state index contributed by atoms with van der Waals surface area (Å²) >= 11 is 0. The molecule has 5 rings (SSSR count). The van der Waals surface area contributed by atoms with Crippen molar-refractivity contribution in [3.63, 3.8) is 0 Å². The number of fused-ring (bicyclic) bond motifs is 2. The fraction of sp³-hybridized carbons (Fsp3) is 0.360. The quantitative estimate of drug-likeness (QED) is 0.440. The summed E-state index contributed by atoms with van der Waals surface area (Å²) in [7, 11) is -2.77. The van der Waals surface area contributed by atoms with Gasteiger partial charge in [0.1, 0.15) is 5.76 Å². The van der Waals surface area contributed by atoms with Crippen molar-refractivity contribution in [3.8, 4) is 17.0 Å². The predicted octanol–water partition coefficient (Wildman–Crippen LogP) is 3.24. The Balaban J connectivity index is 0.00000304. The number of nitrogens with one attached hydrogen (secondary N) is 2. The summed E-state index contributed by atoms with van der Waals surface area (Å²) in [5, 5.41) is 13.0. The van der Waals surface area contributed by atoms with Gasteiger partial charge >= 0.3 is 35.6 Å². The van der Waals surface area contributed by atoms with Gasteiger partial charge in [0.25, 0.3) is 10.0 Å². The molecule has 9 nitrogen and oxygen atoms in total. The van der Waals surface area contributed by atoms with Crippen LogP contribution in [-0.4, -0.2) is 61.2 Å². The SMILES string of the molecule is COc1cc(-c2ccc3c(c2NC(=O)NS(=O)(=O)c2cc4c(o2)CCCC4(C)O)CCC3)ccn1.[NaH]. The third-order valence-electron chi connectivity index (χ3n) is 6.70. The molecule has 1 unspecified atom stereocenters. The Morgan fingerprint density at radius 1 is 1.17 bits per heavy atom. The monoisotopic (exact) mass is 521 g/mol. The second-order valence-electron chi connectivity index (χ2n) is 9.16. The van der Waals surface area contributed by atoms with Crippen LogP contribution >= 0.6 is 0 Å². The van der Waals surface area contributed by atoms with Crippen LogP contribution < -0.4 is 14.8 Å². The molecule has 2 aliphatic rings. The first-order valence-corrected chi connectivity index (χ1v) is 13.0. The van der Waals surface area contributed by atoms with Gasteiger partial charge in [-0.15, -0.1) is 0 Å². The molecule has 2 amide bonds. The first kappa shape index (κ1) is 26.7. The molecule has 36 heavy (non-hydrogen) atoms. The van der Waals surface area contributed by atoms with Crippen molar-refractivity contribution in [3.05, 3.63) is 59.0 Å². The standard InChI is InChI=1S/C25H27N3O6S.Na.H/c1-25(30)11-4-7-20-19(25)14-22(34-20)35(31,32)28-24(29)27-23-17-6-3-5-15(17)8-9-18(23)16-10-12-26-21(13-16)33-2;;/h8-10,12-14,30H,3-7,11H2,1-2H3,(H2,27,28,29);;. The number of hydrogen-bond donors (Lipinski definition) is 3. The van der Waals surface area contributed by atoms with Crippen LogP contribution in [-0.2, 0) is 34.9 Å². The molecular formula is C25H28N3NaO6S. The van der Waals surface area contributed by atoms with Crippen molar-refractivity contribution in [2.75, 3.05) is 12.4 Å². The van der Waals surface area contributed by atoms with Gasteiger partial charge in [0.15, 0.2) is 0 Å². The molecule has 0 radical (unpaired) electrons. The third kappa shape index (κ3) is 5.05. The Kier molecular flexibility index (Phi) is 7.55. The van der Waals surface area contributed by atoms with E-state index in [0.717, 1.165) is 41.5 Å². The summed E-state index contributed by atoms with van der Waals surface area (Å²) in [5.74, 6) is 0.857. The van der Waals surface area contributed by atoms with Gasteiger partial charge in [-0.25, -0.2) is 14.5 Å². The number of ether oxygens (including phenoxy) is 1. The van der Waals surface area contributed by atoms with Crippen LogP contribution in [0.25, 0.3) is 11.1 Å². The molecule has 2 aliphatic carbocycles. The number of amides is 2. The van der Waals surface area contributed by atoms with Gasteiger partial charge < -0.3 is 19.6 Å². The number of hydrogen-bond acceptors (Lipinski definition) is 7. The zero-order valence-electron chi connectivity index (χ0n) is 19.6. The molecule has 11 heteroatoms. The number of carbonyl (C=O) groups excluding carboxylic acids is 1. The van der Waals surface area contributed by atoms with Crippen LogP contribution in [0.3, 0.4) is 0 Å². The average molecular weight is 522 g/mol. The maximum atomic E-state index is 13.0. The number of aromatic nitrogens is 1. The molecular weight excluding hydrogens is 493 g/mol. The van der Waals surface area contributed by atoms with E-state index >= 15 is 0 Å². The fourth-order valence-corrected chi connectivity index (χ4v) is 5.83. The summed E-state index contributed by atoms with van der Waals surface area (Å²) in [5.41, 5.74) is 3.46. The van der Waals surface area contributed by atoms with Crippen molar-refractivity contribution in [1.82, 2.24) is 9.71 Å². The molecule has 3 aromatic rings. The molecule has 1 aromatic carbocycles. The molecule has 186 valence electrons. The van der Waals surface area contributed by atoms with Crippen molar-refractivity contribution >= 4 is 51.3 Å². The van der Waals surface area contributed by atoms with E-state index in [2.05, 4.69) is 15.0 Å². The Bertz CT molecular complexity index is 1420. The van der Waals surface area contributed by atoms with E-state index in [1.807, 2.05) is 12.1 Å². The Morgan fingerprint density at radius 3 is 2.72 bits per heavy atom. The van der Waals surface area contributed by atoms with E-state index in [0.29, 0.717) is 42.2 Å². The number of carbonyl (C=O) groups is 1. The van der Waals surface area contributed by atoms with Crippen molar-refractivity contribution < 1.29 is 27.5 Å². The molecule has 0 aliphatic heterocycles. The van der Waals surface area contributed by atoms with Crippen molar-refractivity contribution in [1.29, 1.82) is 0 Å². The molecule has 0 bridgehead atoms. The van der Waals surface area contributed by atoms with Gasteiger partial charge in [-0.2, -0.15) is 8.42 Å². The van der Waals surface area contributed by atoms with E-state index in [1.54, 1.807) is 25.3 Å². The van der Waals surface area contributed by atoms with E-state index in [9.17, 15) is 18.3 Å². The summed E-state index contributed by atoms with van der Waals surface area (Å²) in [4.78, 5) is 17.1. The number of sulfonamides is 1. The number of anilines is 1. The second kappa shape index (κ2) is 10.2. The zero-order valence-corrected chi connectivity index (χ0v) is 20.4. The van der Waals surface area contributed by atoms with Crippen molar-refractivity contribution in [2.24, 2.45) is 0 Å². The van der Waals surface area contributed by atoms with Gasteiger partial charge in [-0.1, -0.05) is 12.1 Å². The number of pyridine rings is 1. The molecule has 0 saturated carbocycles. The molecule has 3 N–H and O–H groups in total. The summed E-state index contributed by atoms with van der Waals surface area (Å²) in [6, 6.07) is 7.91. The number of aliphatic hydroxyl groups is 1. The number of methoxy groups -OCH3 is 1. The van der Waals surface area contributed by atoms with Gasteiger partial charge in [0, 0.05) is 35.9 Å². The van der Waals surface area contributed by atoms with Gasteiger partial charge in [-0.3, -0.25) is 0 Å². The van der Waals surface area contributed by atoms with Crippen LogP contribution in [0.5, 0.6) is 5.88 Å². The van der Waals surface area contributed by atoms with Crippen molar-refractivity contribution in [2.45, 2.75) is 56.1 Å². The minimum atomic E-state index is -4.30. The van der Waals surface area contributed by atoms with Crippen LogP contribution in [0.1, 0.15) is 48.6 Å². The van der Waals surface area contributed by atoms with E-state index < -0.39 is 26.7 Å². The number of urea groups is 1. The van der Waals surface area contributed by atoms with Crippen LogP contribution in [0.4, 0.5) is 10.5 Å². The maximum absolute atomic E-state index is 13.0. The van der Waals surface area contributed by atoms with E-state index in [1.165, 1.54) is 13.2 Å². The number of aryl methyl sites for hydroxylation is 2. The van der Waals surface area contributed by atoms with Gasteiger partial charge in [0.2, 0.25) is 11.0 Å². The molecule has 0 spiro atoms. The number of nitrogens with zero attached hydrogens (tertiary/aromatic N) is 1. The zero-order chi connectivity index (χ0) is 24.8. The predicted molar refractivity (Wildman–Crippen MR) is 136 cm³/mol. The first-order valence-electron chi connectivity index (χ1n) is 11.5. The molecule has 0 fully saturated rings. The number of rotatable bonds is 5. The Morgan fingerprint density at radius 2 is 1.97 bits per heavy atom. The van der Waals surface area contributed by atoms with Crippen LogP contribution in [0.15, 0.2) is 46.0 Å². The van der Waals surface area contributed by atoms with Crippen LogP contribution in [0, 0.1) is 0 Å². The third-order valence-corrected chi connectivity index (χ3v) is 7.89. The summed E-state index contributed by atoms with van der Waals surface area (Å²) < 4.78 is 38.8. The summed E-state index contributed by atoms with van der Waals surface area (Å²) in [6.07, 6.45) is 5.95. The molecule has 2 aromatic heterocycles. The normalized spacial score (nSPS) is 18.5. The molecule has 0 saturated heterocycles. The molecule has 2 heterocycles. The van der Waals surface area contributed by atoms with Gasteiger partial charge in [-0.05, 0) is 61.8 Å². The van der Waals surface area contributed by atoms with Gasteiger partial charge in [0.05, 0.1) is 18.4 Å². The fourth-order valence-electron chi connectivity index (χ4n) is 4.96. The second-order valence-corrected chi connectivity index (χ2v) is 10.8. The minimum absolute atomic E-state index is 0. The van der Waals surface area contributed by atoms with Crippen LogP contribution in [0.2, 0.25) is 0 Å². The number of benzene rings is 1. The summed E-state index contributed by atoms with van der Waals surface area (Å²) in [6.45, 7) is 1.63. The first-order chi connectivity index (χ1) is 16.7. The molecule has 1 atom stereocenters. The Hall–Kier alpha value is -2.37.